The average Bonchev–Trinajstić information content (AvgIpc) is 3.11. The van der Waals surface area contributed by atoms with Gasteiger partial charge in [-0.05, 0) is 48.9 Å². The molecule has 0 radical (unpaired) electrons. The maximum Gasteiger partial charge on any atom is 0.244 e. The molecule has 0 aliphatic carbocycles. The van der Waals surface area contributed by atoms with Gasteiger partial charge in [-0.2, -0.15) is 5.10 Å². The molecule has 0 atom stereocenters. The minimum absolute atomic E-state index is 0.193. The minimum Gasteiger partial charge on any atom is -0.493 e. The van der Waals surface area contributed by atoms with Gasteiger partial charge in [0.15, 0.2) is 11.5 Å². The van der Waals surface area contributed by atoms with Crippen LogP contribution in [0.25, 0.3) is 6.08 Å². The van der Waals surface area contributed by atoms with E-state index in [9.17, 15) is 4.79 Å². The van der Waals surface area contributed by atoms with Crippen molar-refractivity contribution in [2.75, 3.05) is 14.2 Å². The lowest BCUT2D eigenvalue weighted by molar-refractivity contribution is -0.120. The summed E-state index contributed by atoms with van der Waals surface area (Å²) in [4.78, 5) is 12.0. The van der Waals surface area contributed by atoms with E-state index in [1.165, 1.54) is 0 Å². The molecule has 1 N–H and O–H groups in total. The van der Waals surface area contributed by atoms with Crippen molar-refractivity contribution in [1.29, 1.82) is 0 Å². The number of hydrazone groups is 1. The Bertz CT molecular complexity index is 733. The van der Waals surface area contributed by atoms with Crippen LogP contribution in [0, 0.1) is 0 Å². The van der Waals surface area contributed by atoms with E-state index in [0.29, 0.717) is 17.2 Å². The molecule has 2 aromatic rings. The lowest BCUT2D eigenvalue weighted by Crippen LogP contribution is -2.20. The van der Waals surface area contributed by atoms with Crippen molar-refractivity contribution in [2.45, 2.75) is 13.3 Å². The summed E-state index contributed by atoms with van der Waals surface area (Å²) >= 11 is 0. The van der Waals surface area contributed by atoms with Gasteiger partial charge in [0.2, 0.25) is 5.91 Å². The van der Waals surface area contributed by atoms with Crippen molar-refractivity contribution in [2.24, 2.45) is 5.10 Å². The average molecular weight is 328 g/mol. The number of benzene rings is 1. The number of methoxy groups -OCH3 is 2. The van der Waals surface area contributed by atoms with E-state index < -0.39 is 0 Å². The Morgan fingerprint density at radius 2 is 2.04 bits per heavy atom. The summed E-state index contributed by atoms with van der Waals surface area (Å²) in [5, 5.41) is 4.03. The Morgan fingerprint density at radius 3 is 2.71 bits per heavy atom. The molecule has 0 spiro atoms. The highest BCUT2D eigenvalue weighted by Gasteiger charge is 2.08. The fourth-order valence-electron chi connectivity index (χ4n) is 1.99. The number of hydrogen-bond donors (Lipinski definition) is 1. The van der Waals surface area contributed by atoms with Crippen molar-refractivity contribution in [1.82, 2.24) is 5.43 Å². The Kier molecular flexibility index (Phi) is 6.19. The number of carbonyl (C=O) groups excluding carboxylic acids is 1. The number of amides is 1. The van der Waals surface area contributed by atoms with Gasteiger partial charge >= 0.3 is 0 Å². The van der Waals surface area contributed by atoms with Crippen LogP contribution in [0.3, 0.4) is 0 Å². The molecular formula is C18H20N2O4. The van der Waals surface area contributed by atoms with Gasteiger partial charge in [0.1, 0.15) is 5.76 Å². The molecule has 6 nitrogen and oxygen atoms in total. The summed E-state index contributed by atoms with van der Waals surface area (Å²) in [6.07, 6.45) is 5.32. The van der Waals surface area contributed by atoms with Crippen LogP contribution in [0.15, 0.2) is 52.2 Å². The molecule has 24 heavy (non-hydrogen) atoms. The summed E-state index contributed by atoms with van der Waals surface area (Å²) in [7, 11) is 3.12. The number of ether oxygens (including phenoxy) is 2. The smallest absolute Gasteiger partial charge is 0.244 e. The summed E-state index contributed by atoms with van der Waals surface area (Å²) in [5.74, 6) is 1.72. The predicted octanol–water partition coefficient (Wildman–Crippen LogP) is 3.04. The summed E-state index contributed by atoms with van der Waals surface area (Å²) in [6.45, 7) is 1.79. The normalized spacial score (nSPS) is 11.5. The molecule has 126 valence electrons. The largest absolute Gasteiger partial charge is 0.493 e. The van der Waals surface area contributed by atoms with Crippen molar-refractivity contribution >= 4 is 17.7 Å². The number of allylic oxidation sites excluding steroid dienone is 1. The van der Waals surface area contributed by atoms with Crippen LogP contribution in [-0.2, 0) is 11.2 Å². The maximum atomic E-state index is 12.0. The van der Waals surface area contributed by atoms with Crippen LogP contribution in [-0.4, -0.2) is 25.8 Å². The van der Waals surface area contributed by atoms with Gasteiger partial charge in [-0.3, -0.25) is 4.79 Å². The lowest BCUT2D eigenvalue weighted by atomic mass is 10.1. The highest BCUT2D eigenvalue weighted by molar-refractivity contribution is 5.96. The molecular weight excluding hydrogens is 308 g/mol. The number of hydrogen-bond acceptors (Lipinski definition) is 5. The third-order valence-electron chi connectivity index (χ3n) is 3.20. The zero-order valence-corrected chi connectivity index (χ0v) is 13.9. The van der Waals surface area contributed by atoms with Crippen LogP contribution in [0.5, 0.6) is 11.5 Å². The second-order valence-electron chi connectivity index (χ2n) is 5.00. The fraction of sp³-hybridized carbons (Fsp3) is 0.222. The molecule has 0 fully saturated rings. The van der Waals surface area contributed by atoms with E-state index in [2.05, 4.69) is 10.5 Å². The van der Waals surface area contributed by atoms with Crippen LogP contribution in [0.1, 0.15) is 18.2 Å². The van der Waals surface area contributed by atoms with Gasteiger partial charge in [0.05, 0.1) is 32.6 Å². The molecule has 0 aliphatic heterocycles. The van der Waals surface area contributed by atoms with Crippen LogP contribution >= 0.6 is 0 Å². The number of nitrogens with one attached hydrogen (secondary N) is 1. The molecule has 1 aromatic heterocycles. The lowest BCUT2D eigenvalue weighted by Gasteiger charge is -2.09. The molecule has 1 aromatic carbocycles. The third-order valence-corrected chi connectivity index (χ3v) is 3.20. The second kappa shape index (κ2) is 8.57. The molecule has 2 rings (SSSR count). The Hall–Kier alpha value is -3.02. The van der Waals surface area contributed by atoms with E-state index in [1.807, 2.05) is 12.1 Å². The molecule has 0 bridgehead atoms. The number of rotatable bonds is 7. The number of carbonyl (C=O) groups is 1. The minimum atomic E-state index is -0.215. The second-order valence-corrected chi connectivity index (χ2v) is 5.00. The van der Waals surface area contributed by atoms with E-state index in [1.54, 1.807) is 57.8 Å². The van der Waals surface area contributed by atoms with E-state index in [-0.39, 0.29) is 12.3 Å². The molecule has 1 amide bonds. The SMILES string of the molecule is COc1ccc(CC(=O)N/N=C(C)/C=C/c2ccco2)cc1OC. The molecule has 0 unspecified atom stereocenters. The molecule has 1 heterocycles. The van der Waals surface area contributed by atoms with Crippen molar-refractivity contribution < 1.29 is 18.7 Å². The highest BCUT2D eigenvalue weighted by Crippen LogP contribution is 2.27. The van der Waals surface area contributed by atoms with Crippen molar-refractivity contribution in [3.63, 3.8) is 0 Å². The van der Waals surface area contributed by atoms with Crippen LogP contribution in [0.2, 0.25) is 0 Å². The summed E-state index contributed by atoms with van der Waals surface area (Å²) in [5.41, 5.74) is 3.99. The zero-order valence-electron chi connectivity index (χ0n) is 13.9. The van der Waals surface area contributed by atoms with Gasteiger partial charge in [-0.15, -0.1) is 0 Å². The van der Waals surface area contributed by atoms with Gasteiger partial charge in [-0.1, -0.05) is 6.07 Å². The first kappa shape index (κ1) is 17.3. The Balaban J connectivity index is 1.92. The molecule has 0 saturated carbocycles. The zero-order chi connectivity index (χ0) is 17.4. The van der Waals surface area contributed by atoms with Gasteiger partial charge in [0, 0.05) is 0 Å². The Morgan fingerprint density at radius 1 is 1.25 bits per heavy atom. The summed E-state index contributed by atoms with van der Waals surface area (Å²) in [6, 6.07) is 8.98. The van der Waals surface area contributed by atoms with Gasteiger partial charge < -0.3 is 13.9 Å². The first-order valence-electron chi connectivity index (χ1n) is 7.38. The Labute approximate surface area is 140 Å². The predicted molar refractivity (Wildman–Crippen MR) is 92.2 cm³/mol. The number of furan rings is 1. The molecule has 6 heteroatoms. The molecule has 0 saturated heterocycles. The number of nitrogens with zero attached hydrogens (tertiary/aromatic N) is 1. The first-order chi connectivity index (χ1) is 11.6. The van der Waals surface area contributed by atoms with Gasteiger partial charge in [0.25, 0.3) is 0 Å². The highest BCUT2D eigenvalue weighted by atomic mass is 16.5. The third kappa shape index (κ3) is 5.01. The summed E-state index contributed by atoms with van der Waals surface area (Å²) < 4.78 is 15.6. The van der Waals surface area contributed by atoms with Crippen molar-refractivity contribution in [3.05, 3.63) is 54.0 Å². The van der Waals surface area contributed by atoms with E-state index >= 15 is 0 Å². The van der Waals surface area contributed by atoms with E-state index in [4.69, 9.17) is 13.9 Å². The fourth-order valence-corrected chi connectivity index (χ4v) is 1.99. The van der Waals surface area contributed by atoms with E-state index in [0.717, 1.165) is 11.3 Å². The maximum absolute atomic E-state index is 12.0. The monoisotopic (exact) mass is 328 g/mol. The van der Waals surface area contributed by atoms with Crippen molar-refractivity contribution in [3.8, 4) is 11.5 Å². The molecule has 0 aliphatic rings. The standard InChI is InChI=1S/C18H20N2O4/c1-13(6-8-15-5-4-10-24-15)19-20-18(21)12-14-7-9-16(22-2)17(11-14)23-3/h4-11H,12H2,1-3H3,(H,20,21)/b8-6+,19-13+. The van der Waals surface area contributed by atoms with Gasteiger partial charge in [-0.25, -0.2) is 5.43 Å². The van der Waals surface area contributed by atoms with Crippen LogP contribution < -0.4 is 14.9 Å². The van der Waals surface area contributed by atoms with Crippen LogP contribution in [0.4, 0.5) is 0 Å². The quantitative estimate of drug-likeness (QED) is 0.626. The first-order valence-corrected chi connectivity index (χ1v) is 7.38. The topological polar surface area (TPSA) is 73.1 Å².